The first-order valence-electron chi connectivity index (χ1n) is 11.2. The van der Waals surface area contributed by atoms with Crippen LogP contribution >= 0.6 is 12.6 Å². The van der Waals surface area contributed by atoms with Crippen LogP contribution in [0, 0.1) is 11.8 Å². The molecule has 5 unspecified atom stereocenters. The molecule has 0 aliphatic rings. The fourth-order valence-corrected chi connectivity index (χ4v) is 3.22. The van der Waals surface area contributed by atoms with Crippen LogP contribution in [0.4, 0.5) is 0 Å². The fourth-order valence-electron chi connectivity index (χ4n) is 2.97. The normalized spacial score (nSPS) is 15.9. The molecule has 0 aromatic rings. The third-order valence-electron chi connectivity index (χ3n) is 5.28. The molecule has 0 fully saturated rings. The lowest BCUT2D eigenvalue weighted by Gasteiger charge is -2.26. The highest BCUT2D eigenvalue weighted by Gasteiger charge is 2.30. The topological polar surface area (TPSA) is 177 Å². The highest BCUT2D eigenvalue weighted by Crippen LogP contribution is 2.10. The molecule has 8 N–H and O–H groups in total. The van der Waals surface area contributed by atoms with Crippen molar-refractivity contribution in [2.75, 3.05) is 12.3 Å². The molecule has 0 saturated carbocycles. The molecule has 0 heterocycles. The number of carboxylic acid groups (broad SMARTS) is 1. The zero-order valence-corrected chi connectivity index (χ0v) is 20.5. The number of hydrogen-bond acceptors (Lipinski definition) is 7. The van der Waals surface area contributed by atoms with Gasteiger partial charge in [-0.1, -0.05) is 34.1 Å². The van der Waals surface area contributed by atoms with Gasteiger partial charge in [-0.15, -0.1) is 0 Å². The van der Waals surface area contributed by atoms with Gasteiger partial charge in [0.2, 0.25) is 17.7 Å². The first-order chi connectivity index (χ1) is 15.0. The molecule has 186 valence electrons. The summed E-state index contributed by atoms with van der Waals surface area (Å²) in [7, 11) is 0. The van der Waals surface area contributed by atoms with Gasteiger partial charge in [-0.25, -0.2) is 4.79 Å². The Morgan fingerprint density at radius 1 is 0.906 bits per heavy atom. The van der Waals surface area contributed by atoms with E-state index in [2.05, 4.69) is 28.6 Å². The van der Waals surface area contributed by atoms with E-state index in [1.165, 1.54) is 0 Å². The van der Waals surface area contributed by atoms with Crippen LogP contribution in [-0.4, -0.2) is 65.3 Å². The summed E-state index contributed by atoms with van der Waals surface area (Å²) < 4.78 is 0. The van der Waals surface area contributed by atoms with Crippen LogP contribution in [-0.2, 0) is 19.2 Å². The second-order valence-corrected chi connectivity index (χ2v) is 8.89. The maximum atomic E-state index is 13.0. The van der Waals surface area contributed by atoms with E-state index >= 15 is 0 Å². The molecule has 0 saturated heterocycles. The number of carbonyl (C=O) groups is 4. The molecule has 0 rings (SSSR count). The molecule has 0 aromatic carbocycles. The van der Waals surface area contributed by atoms with Crippen LogP contribution in [0.25, 0.3) is 0 Å². The van der Waals surface area contributed by atoms with Crippen molar-refractivity contribution in [2.45, 2.75) is 84.0 Å². The van der Waals surface area contributed by atoms with Gasteiger partial charge in [0, 0.05) is 5.75 Å². The summed E-state index contributed by atoms with van der Waals surface area (Å²) >= 11 is 3.95. The van der Waals surface area contributed by atoms with Crippen LogP contribution in [0.2, 0.25) is 0 Å². The molecule has 0 aromatic heterocycles. The molecular formula is C21H41N5O5S. The minimum Gasteiger partial charge on any atom is -0.480 e. The third kappa shape index (κ3) is 11.1. The quantitative estimate of drug-likeness (QED) is 0.121. The van der Waals surface area contributed by atoms with Gasteiger partial charge in [0.1, 0.15) is 18.1 Å². The van der Waals surface area contributed by atoms with Crippen LogP contribution < -0.4 is 27.4 Å². The van der Waals surface area contributed by atoms with Gasteiger partial charge in [-0.05, 0) is 44.1 Å². The number of rotatable bonds is 16. The summed E-state index contributed by atoms with van der Waals surface area (Å²) in [6, 6.07) is -3.77. The summed E-state index contributed by atoms with van der Waals surface area (Å²) in [6.45, 7) is 7.99. The van der Waals surface area contributed by atoms with Crippen LogP contribution in [0.3, 0.4) is 0 Å². The average molecular weight is 476 g/mol. The number of aliphatic carboxylic acids is 1. The van der Waals surface area contributed by atoms with E-state index in [1.54, 1.807) is 0 Å². The summed E-state index contributed by atoms with van der Waals surface area (Å²) in [5.41, 5.74) is 11.5. The van der Waals surface area contributed by atoms with Gasteiger partial charge in [0.15, 0.2) is 0 Å². The van der Waals surface area contributed by atoms with Crippen molar-refractivity contribution < 1.29 is 24.3 Å². The van der Waals surface area contributed by atoms with Gasteiger partial charge in [0.25, 0.3) is 0 Å². The van der Waals surface area contributed by atoms with E-state index in [0.717, 1.165) is 0 Å². The number of hydrogen-bond donors (Lipinski definition) is 7. The number of amides is 3. The van der Waals surface area contributed by atoms with E-state index in [4.69, 9.17) is 11.5 Å². The first-order valence-corrected chi connectivity index (χ1v) is 11.8. The lowest BCUT2D eigenvalue weighted by molar-refractivity contribution is -0.141. The Hall–Kier alpha value is -1.85. The standard InChI is InChI=1S/C21H41N5O5S/c1-5-13(4)17(23)20(29)24-14(8-6-7-9-22)18(27)25-15(10-12(2)3)19(28)26-16(11-32)21(30)31/h12-17,32H,5-11,22-23H2,1-4H3,(H,24,29)(H,25,27)(H,26,28)(H,30,31). The maximum Gasteiger partial charge on any atom is 0.327 e. The predicted octanol–water partition coefficient (Wildman–Crippen LogP) is 0.00370. The summed E-state index contributed by atoms with van der Waals surface area (Å²) in [4.78, 5) is 49.5. The second-order valence-electron chi connectivity index (χ2n) is 8.53. The smallest absolute Gasteiger partial charge is 0.327 e. The van der Waals surface area contributed by atoms with Gasteiger partial charge in [-0.2, -0.15) is 12.6 Å². The van der Waals surface area contributed by atoms with E-state index in [9.17, 15) is 24.3 Å². The van der Waals surface area contributed by atoms with Crippen molar-refractivity contribution in [2.24, 2.45) is 23.3 Å². The number of nitrogens with two attached hydrogens (primary N) is 2. The van der Waals surface area contributed by atoms with Crippen molar-refractivity contribution in [3.05, 3.63) is 0 Å². The Labute approximate surface area is 196 Å². The molecule has 3 amide bonds. The summed E-state index contributed by atoms with van der Waals surface area (Å²) in [5.74, 6) is -2.88. The highest BCUT2D eigenvalue weighted by molar-refractivity contribution is 7.80. The Morgan fingerprint density at radius 2 is 1.44 bits per heavy atom. The van der Waals surface area contributed by atoms with Gasteiger partial charge in [0.05, 0.1) is 6.04 Å². The molecular weight excluding hydrogens is 434 g/mol. The van der Waals surface area contributed by atoms with E-state index in [0.29, 0.717) is 38.6 Å². The molecule has 10 nitrogen and oxygen atoms in total. The lowest BCUT2D eigenvalue weighted by Crippen LogP contribution is -2.58. The molecule has 32 heavy (non-hydrogen) atoms. The van der Waals surface area contributed by atoms with Gasteiger partial charge < -0.3 is 32.5 Å². The maximum absolute atomic E-state index is 13.0. The second kappa shape index (κ2) is 15.9. The monoisotopic (exact) mass is 475 g/mol. The number of unbranched alkanes of at least 4 members (excludes halogenated alkanes) is 1. The third-order valence-corrected chi connectivity index (χ3v) is 5.64. The van der Waals surface area contributed by atoms with Crippen molar-refractivity contribution in [1.82, 2.24) is 16.0 Å². The molecule has 11 heteroatoms. The zero-order valence-electron chi connectivity index (χ0n) is 19.6. The van der Waals surface area contributed by atoms with Crippen LogP contribution in [0.5, 0.6) is 0 Å². The van der Waals surface area contributed by atoms with Crippen molar-refractivity contribution in [1.29, 1.82) is 0 Å². The van der Waals surface area contributed by atoms with Crippen molar-refractivity contribution in [3.8, 4) is 0 Å². The molecule has 0 spiro atoms. The van der Waals surface area contributed by atoms with E-state index in [-0.39, 0.29) is 17.6 Å². The molecule has 5 atom stereocenters. The minimum absolute atomic E-state index is 0.0504. The van der Waals surface area contributed by atoms with Gasteiger partial charge >= 0.3 is 5.97 Å². The molecule has 0 aliphatic heterocycles. The van der Waals surface area contributed by atoms with Gasteiger partial charge in [-0.3, -0.25) is 14.4 Å². The minimum atomic E-state index is -1.21. The Morgan fingerprint density at radius 3 is 1.91 bits per heavy atom. The molecule has 0 aliphatic carbocycles. The Balaban J connectivity index is 5.45. The van der Waals surface area contributed by atoms with Crippen molar-refractivity contribution in [3.63, 3.8) is 0 Å². The average Bonchev–Trinajstić information content (AvgIpc) is 2.74. The Bertz CT molecular complexity index is 619. The number of carboxylic acids is 1. The zero-order chi connectivity index (χ0) is 24.8. The van der Waals surface area contributed by atoms with E-state index in [1.807, 2.05) is 27.7 Å². The molecule has 0 bridgehead atoms. The summed E-state index contributed by atoms with van der Waals surface area (Å²) in [5, 5.41) is 16.9. The largest absolute Gasteiger partial charge is 0.480 e. The van der Waals surface area contributed by atoms with E-state index < -0.39 is 47.9 Å². The molecule has 0 radical (unpaired) electrons. The van der Waals surface area contributed by atoms with Crippen molar-refractivity contribution >= 4 is 36.3 Å². The Kier molecular flexibility index (Phi) is 15.0. The number of nitrogens with one attached hydrogen (secondary N) is 3. The number of thiol groups is 1. The van der Waals surface area contributed by atoms with Crippen LogP contribution in [0.15, 0.2) is 0 Å². The SMILES string of the molecule is CCC(C)C(N)C(=O)NC(CCCCN)C(=O)NC(CC(C)C)C(=O)NC(CS)C(=O)O. The first kappa shape index (κ1) is 30.1. The highest BCUT2D eigenvalue weighted by atomic mass is 32.1. The predicted molar refractivity (Wildman–Crippen MR) is 127 cm³/mol. The van der Waals surface area contributed by atoms with Crippen LogP contribution in [0.1, 0.15) is 59.8 Å². The number of carbonyl (C=O) groups excluding carboxylic acids is 3. The lowest BCUT2D eigenvalue weighted by atomic mass is 9.98. The fraction of sp³-hybridized carbons (Fsp3) is 0.810. The summed E-state index contributed by atoms with van der Waals surface area (Å²) in [6.07, 6.45) is 2.63.